The Kier molecular flexibility index (Phi) is 4.59. The van der Waals surface area contributed by atoms with E-state index in [4.69, 9.17) is 0 Å². The largest absolute Gasteiger partial charge is 0.477 e. The smallest absolute Gasteiger partial charge is 0.342 e. The Morgan fingerprint density at radius 2 is 2.00 bits per heavy atom. The van der Waals surface area contributed by atoms with Gasteiger partial charge in [-0.2, -0.15) is 0 Å². The summed E-state index contributed by atoms with van der Waals surface area (Å²) in [6.45, 7) is 0.520. The van der Waals surface area contributed by atoms with Crippen LogP contribution in [-0.4, -0.2) is 47.1 Å². The van der Waals surface area contributed by atoms with Gasteiger partial charge in [0.1, 0.15) is 23.4 Å². The molecular weight excluding hydrogens is 378 g/mol. The van der Waals surface area contributed by atoms with Crippen molar-refractivity contribution in [2.75, 3.05) is 31.3 Å². The number of carboxylic acids is 1. The van der Waals surface area contributed by atoms with Crippen molar-refractivity contribution in [1.82, 2.24) is 4.57 Å². The molecule has 6 nitrogen and oxygen atoms in total. The van der Waals surface area contributed by atoms with Crippen molar-refractivity contribution < 1.29 is 23.8 Å². The highest BCUT2D eigenvalue weighted by Crippen LogP contribution is 2.47. The number of fused-ring (bicyclic) bond motifs is 3. The number of nitrogens with zero attached hydrogens (tertiary/aromatic N) is 2. The van der Waals surface area contributed by atoms with E-state index < -0.39 is 34.8 Å². The van der Waals surface area contributed by atoms with E-state index in [0.717, 1.165) is 30.7 Å². The van der Waals surface area contributed by atoms with Gasteiger partial charge in [-0.3, -0.25) is 4.79 Å². The van der Waals surface area contributed by atoms with Crippen LogP contribution >= 0.6 is 11.8 Å². The van der Waals surface area contributed by atoms with Gasteiger partial charge in [0.2, 0.25) is 5.43 Å². The molecule has 0 spiro atoms. The zero-order chi connectivity index (χ0) is 19.3. The first-order chi connectivity index (χ1) is 13.0. The Labute approximate surface area is 157 Å². The fourth-order valence-electron chi connectivity index (χ4n) is 3.82. The Morgan fingerprint density at radius 3 is 2.59 bits per heavy atom. The number of thioether (sulfide) groups is 1. The number of aromatic nitrogens is 1. The fourth-order valence-corrected chi connectivity index (χ4v) is 4.94. The molecule has 144 valence electrons. The lowest BCUT2D eigenvalue weighted by molar-refractivity contribution is 0.0689. The minimum Gasteiger partial charge on any atom is -0.477 e. The van der Waals surface area contributed by atoms with Crippen LogP contribution in [0.2, 0.25) is 0 Å². The summed E-state index contributed by atoms with van der Waals surface area (Å²) in [5, 5.41) is 18.1. The number of benzene rings is 1. The van der Waals surface area contributed by atoms with Gasteiger partial charge < -0.3 is 19.7 Å². The third kappa shape index (κ3) is 2.80. The number of rotatable bonds is 4. The summed E-state index contributed by atoms with van der Waals surface area (Å²) in [6, 6.07) is 2.58. The molecule has 2 N–H and O–H groups in total. The summed E-state index contributed by atoms with van der Waals surface area (Å²) in [5.41, 5.74) is -0.529. The summed E-state index contributed by atoms with van der Waals surface area (Å²) < 4.78 is 29.6. The minimum atomic E-state index is -1.40. The molecule has 1 atom stereocenters. The SMILES string of the molecule is O=C(O)c1c2n(c3cc(N4CCC(CO)CC4)c(F)cc3c1=O)C(CF)S2. The van der Waals surface area contributed by atoms with Gasteiger partial charge in [-0.1, -0.05) is 11.8 Å². The molecule has 0 radical (unpaired) electrons. The molecule has 3 heterocycles. The normalized spacial score (nSPS) is 19.8. The van der Waals surface area contributed by atoms with Crippen LogP contribution in [0.3, 0.4) is 0 Å². The number of carbonyl (C=O) groups is 1. The first kappa shape index (κ1) is 18.2. The maximum atomic E-state index is 14.8. The lowest BCUT2D eigenvalue weighted by atomic mass is 9.97. The molecule has 0 aliphatic carbocycles. The van der Waals surface area contributed by atoms with Crippen molar-refractivity contribution in [2.45, 2.75) is 23.2 Å². The number of halogens is 2. The van der Waals surface area contributed by atoms with E-state index in [1.54, 1.807) is 0 Å². The standard InChI is InChI=1S/C18H18F2N2O4S/c19-7-14-22-12-6-13(21-3-1-9(8-23)2-4-21)11(20)5-10(12)16(24)15(18(25)26)17(22)27-14/h5-6,9,14,23H,1-4,7-8H2,(H,25,26). The lowest BCUT2D eigenvalue weighted by Crippen LogP contribution is -2.35. The molecule has 1 unspecified atom stereocenters. The number of aliphatic hydroxyl groups excluding tert-OH is 1. The number of carboxylic acid groups (broad SMARTS) is 1. The highest BCUT2D eigenvalue weighted by atomic mass is 32.2. The Bertz CT molecular complexity index is 986. The summed E-state index contributed by atoms with van der Waals surface area (Å²) in [7, 11) is 0. The Morgan fingerprint density at radius 1 is 1.30 bits per heavy atom. The summed E-state index contributed by atoms with van der Waals surface area (Å²) in [4.78, 5) is 25.9. The fraction of sp³-hybridized carbons (Fsp3) is 0.444. The average Bonchev–Trinajstić information content (AvgIpc) is 2.64. The zero-order valence-corrected chi connectivity index (χ0v) is 15.1. The molecule has 0 amide bonds. The van der Waals surface area contributed by atoms with Gasteiger partial charge in [0.05, 0.1) is 16.2 Å². The first-order valence-electron chi connectivity index (χ1n) is 8.69. The van der Waals surface area contributed by atoms with E-state index in [-0.39, 0.29) is 22.9 Å². The van der Waals surface area contributed by atoms with Gasteiger partial charge in [0, 0.05) is 25.1 Å². The topological polar surface area (TPSA) is 82.8 Å². The molecule has 1 aromatic heterocycles. The third-order valence-electron chi connectivity index (χ3n) is 5.32. The zero-order valence-electron chi connectivity index (χ0n) is 14.3. The summed E-state index contributed by atoms with van der Waals surface area (Å²) in [5.74, 6) is -1.81. The third-order valence-corrected chi connectivity index (χ3v) is 6.56. The number of hydrogen-bond donors (Lipinski definition) is 2. The minimum absolute atomic E-state index is 0.0543. The Hall–Kier alpha value is -2.13. The van der Waals surface area contributed by atoms with E-state index in [9.17, 15) is 28.6 Å². The van der Waals surface area contributed by atoms with Crippen molar-refractivity contribution in [3.63, 3.8) is 0 Å². The van der Waals surface area contributed by atoms with Crippen LogP contribution in [0.25, 0.3) is 10.9 Å². The van der Waals surface area contributed by atoms with Gasteiger partial charge in [-0.05, 0) is 30.9 Å². The quantitative estimate of drug-likeness (QED) is 0.827. The summed E-state index contributed by atoms with van der Waals surface area (Å²) >= 11 is 1.00. The van der Waals surface area contributed by atoms with E-state index >= 15 is 0 Å². The van der Waals surface area contributed by atoms with E-state index in [2.05, 4.69) is 0 Å². The highest BCUT2D eigenvalue weighted by molar-refractivity contribution is 8.00. The molecule has 0 bridgehead atoms. The predicted octanol–water partition coefficient (Wildman–Crippen LogP) is 2.62. The van der Waals surface area contributed by atoms with Crippen LogP contribution in [0.15, 0.2) is 22.0 Å². The van der Waals surface area contributed by atoms with Crippen molar-refractivity contribution >= 4 is 34.3 Å². The maximum Gasteiger partial charge on any atom is 0.342 e. The van der Waals surface area contributed by atoms with E-state index in [1.807, 2.05) is 4.90 Å². The molecule has 1 aromatic carbocycles. The van der Waals surface area contributed by atoms with Crippen molar-refractivity contribution in [1.29, 1.82) is 0 Å². The molecular formula is C18H18F2N2O4S. The van der Waals surface area contributed by atoms with E-state index in [0.29, 0.717) is 24.3 Å². The molecule has 0 saturated carbocycles. The molecule has 1 fully saturated rings. The van der Waals surface area contributed by atoms with Crippen molar-refractivity contribution in [3.05, 3.63) is 33.7 Å². The molecule has 4 rings (SSSR count). The number of aliphatic hydroxyl groups is 1. The number of pyridine rings is 1. The molecule has 9 heteroatoms. The number of alkyl halides is 1. The van der Waals surface area contributed by atoms with Crippen LogP contribution in [0.5, 0.6) is 0 Å². The van der Waals surface area contributed by atoms with Crippen LogP contribution < -0.4 is 10.3 Å². The van der Waals surface area contributed by atoms with Gasteiger partial charge in [0.25, 0.3) is 0 Å². The van der Waals surface area contributed by atoms with Crippen LogP contribution in [0, 0.1) is 11.7 Å². The molecule has 2 aliphatic rings. The highest BCUT2D eigenvalue weighted by Gasteiger charge is 2.35. The number of anilines is 1. The average molecular weight is 396 g/mol. The maximum absolute atomic E-state index is 14.8. The van der Waals surface area contributed by atoms with Crippen molar-refractivity contribution in [2.24, 2.45) is 5.92 Å². The van der Waals surface area contributed by atoms with E-state index in [1.165, 1.54) is 10.6 Å². The van der Waals surface area contributed by atoms with Crippen molar-refractivity contribution in [3.8, 4) is 0 Å². The molecule has 2 aromatic rings. The second kappa shape index (κ2) is 6.79. The number of hydrogen-bond acceptors (Lipinski definition) is 5. The molecule has 2 aliphatic heterocycles. The van der Waals surface area contributed by atoms with Crippen LogP contribution in [0.1, 0.15) is 28.6 Å². The monoisotopic (exact) mass is 396 g/mol. The Balaban J connectivity index is 1.87. The van der Waals surface area contributed by atoms with Gasteiger partial charge in [-0.25, -0.2) is 13.6 Å². The predicted molar refractivity (Wildman–Crippen MR) is 98.0 cm³/mol. The lowest BCUT2D eigenvalue weighted by Gasteiger charge is -2.35. The number of piperidine rings is 1. The van der Waals surface area contributed by atoms with Gasteiger partial charge >= 0.3 is 5.97 Å². The summed E-state index contributed by atoms with van der Waals surface area (Å²) in [6.07, 6.45) is 1.46. The number of aromatic carboxylic acids is 1. The molecule has 27 heavy (non-hydrogen) atoms. The molecule has 1 saturated heterocycles. The van der Waals surface area contributed by atoms with Crippen LogP contribution in [-0.2, 0) is 0 Å². The first-order valence-corrected chi connectivity index (χ1v) is 9.57. The second-order valence-electron chi connectivity index (χ2n) is 6.85. The van der Waals surface area contributed by atoms with Gasteiger partial charge in [0.15, 0.2) is 0 Å². The van der Waals surface area contributed by atoms with Crippen LogP contribution in [0.4, 0.5) is 14.5 Å². The second-order valence-corrected chi connectivity index (χ2v) is 8.01. The van der Waals surface area contributed by atoms with Gasteiger partial charge in [-0.15, -0.1) is 0 Å².